The lowest BCUT2D eigenvalue weighted by molar-refractivity contribution is -0.0373. The summed E-state index contributed by atoms with van der Waals surface area (Å²) in [5.74, 6) is -2.59. The Morgan fingerprint density at radius 1 is 1.47 bits per heavy atom. The average Bonchev–Trinajstić information content (AvgIpc) is 2.30. The van der Waals surface area contributed by atoms with Crippen LogP contribution in [-0.4, -0.2) is 34.1 Å². The number of aromatic nitrogens is 2. The van der Waals surface area contributed by atoms with Crippen LogP contribution in [0.3, 0.4) is 0 Å². The maximum absolute atomic E-state index is 12.9. The Labute approximate surface area is 98.1 Å². The van der Waals surface area contributed by atoms with Crippen molar-refractivity contribution < 1.29 is 13.9 Å². The van der Waals surface area contributed by atoms with Gasteiger partial charge in [-0.15, -0.1) is 0 Å². The molecule has 0 aliphatic heterocycles. The summed E-state index contributed by atoms with van der Waals surface area (Å²) in [7, 11) is 0. The van der Waals surface area contributed by atoms with Crippen molar-refractivity contribution in [2.24, 2.45) is 0 Å². The first-order valence-corrected chi connectivity index (χ1v) is 5.32. The zero-order valence-corrected chi connectivity index (χ0v) is 9.58. The van der Waals surface area contributed by atoms with Crippen LogP contribution in [0.1, 0.15) is 18.9 Å². The van der Waals surface area contributed by atoms with E-state index < -0.39 is 19.1 Å². The molecular weight excluding hydrogens is 230 g/mol. The topological polar surface area (TPSA) is 84.1 Å². The number of alkyl halides is 2. The van der Waals surface area contributed by atoms with Gasteiger partial charge in [-0.25, -0.2) is 18.7 Å². The molecule has 7 heteroatoms. The van der Waals surface area contributed by atoms with Crippen molar-refractivity contribution in [1.29, 1.82) is 0 Å². The van der Waals surface area contributed by atoms with Gasteiger partial charge in [-0.1, -0.05) is 13.3 Å². The van der Waals surface area contributed by atoms with Crippen LogP contribution in [0.5, 0.6) is 0 Å². The Hall–Kier alpha value is -1.50. The highest BCUT2D eigenvalue weighted by molar-refractivity contribution is 5.55. The number of nitrogens with one attached hydrogen (secondary N) is 1. The molecule has 0 bridgehead atoms. The molecule has 1 aromatic heterocycles. The number of nitrogens with two attached hydrogens (primary N) is 1. The molecule has 96 valence electrons. The first-order valence-electron chi connectivity index (χ1n) is 5.32. The molecule has 0 radical (unpaired) electrons. The summed E-state index contributed by atoms with van der Waals surface area (Å²) in [5, 5.41) is 10.9. The van der Waals surface area contributed by atoms with Crippen molar-refractivity contribution in [2.45, 2.75) is 25.7 Å². The Balaban J connectivity index is 2.80. The SMILES string of the molecule is CCCc1c(N)ncnc1NCC(F)(F)CO. The van der Waals surface area contributed by atoms with Crippen LogP contribution in [0, 0.1) is 0 Å². The van der Waals surface area contributed by atoms with Gasteiger partial charge < -0.3 is 16.2 Å². The minimum absolute atomic E-state index is 0.289. The van der Waals surface area contributed by atoms with E-state index in [1.165, 1.54) is 6.33 Å². The van der Waals surface area contributed by atoms with Gasteiger partial charge in [-0.3, -0.25) is 0 Å². The number of hydrogen-bond acceptors (Lipinski definition) is 5. The summed E-state index contributed by atoms with van der Waals surface area (Å²) in [6.07, 6.45) is 2.64. The molecule has 5 nitrogen and oxygen atoms in total. The summed E-state index contributed by atoms with van der Waals surface area (Å²) < 4.78 is 25.7. The van der Waals surface area contributed by atoms with E-state index in [1.807, 2.05) is 6.92 Å². The van der Waals surface area contributed by atoms with Crippen LogP contribution in [0.2, 0.25) is 0 Å². The number of aliphatic hydroxyl groups is 1. The van der Waals surface area contributed by atoms with Gasteiger partial charge in [0.2, 0.25) is 0 Å². The van der Waals surface area contributed by atoms with E-state index >= 15 is 0 Å². The predicted molar refractivity (Wildman–Crippen MR) is 61.0 cm³/mol. The van der Waals surface area contributed by atoms with E-state index in [4.69, 9.17) is 10.8 Å². The van der Waals surface area contributed by atoms with Crippen molar-refractivity contribution in [2.75, 3.05) is 24.2 Å². The first kappa shape index (κ1) is 13.6. The molecule has 0 fully saturated rings. The predicted octanol–water partition coefficient (Wildman–Crippen LogP) is 1.05. The lowest BCUT2D eigenvalue weighted by Crippen LogP contribution is -2.31. The lowest BCUT2D eigenvalue weighted by atomic mass is 10.1. The summed E-state index contributed by atoms with van der Waals surface area (Å²) in [4.78, 5) is 7.69. The van der Waals surface area contributed by atoms with Gasteiger partial charge in [0.05, 0.1) is 6.54 Å². The fourth-order valence-corrected chi connectivity index (χ4v) is 1.34. The van der Waals surface area contributed by atoms with Crippen molar-refractivity contribution in [3.05, 3.63) is 11.9 Å². The van der Waals surface area contributed by atoms with Crippen molar-refractivity contribution in [3.8, 4) is 0 Å². The standard InChI is InChI=1S/C10H16F2N4O/c1-2-3-7-8(13)15-6-16-9(7)14-4-10(11,12)5-17/h6,17H,2-5H2,1H3,(H3,13,14,15,16). The van der Waals surface area contributed by atoms with Gasteiger partial charge in [-0.2, -0.15) is 0 Å². The number of nitrogens with zero attached hydrogens (tertiary/aromatic N) is 2. The Morgan fingerprint density at radius 3 is 2.76 bits per heavy atom. The zero-order valence-electron chi connectivity index (χ0n) is 9.58. The van der Waals surface area contributed by atoms with E-state index in [0.717, 1.165) is 6.42 Å². The van der Waals surface area contributed by atoms with E-state index in [1.54, 1.807) is 0 Å². The molecule has 0 unspecified atom stereocenters. The fraction of sp³-hybridized carbons (Fsp3) is 0.600. The van der Waals surface area contributed by atoms with Gasteiger partial charge in [0, 0.05) is 5.56 Å². The molecule has 1 heterocycles. The highest BCUT2D eigenvalue weighted by Crippen LogP contribution is 2.20. The van der Waals surface area contributed by atoms with Gasteiger partial charge in [0.15, 0.2) is 0 Å². The van der Waals surface area contributed by atoms with Gasteiger partial charge >= 0.3 is 0 Å². The van der Waals surface area contributed by atoms with Crippen LogP contribution in [0.25, 0.3) is 0 Å². The zero-order chi connectivity index (χ0) is 12.9. The number of anilines is 2. The monoisotopic (exact) mass is 246 g/mol. The molecule has 0 aliphatic carbocycles. The Kier molecular flexibility index (Phi) is 4.56. The van der Waals surface area contributed by atoms with Crippen LogP contribution < -0.4 is 11.1 Å². The third-order valence-corrected chi connectivity index (χ3v) is 2.22. The average molecular weight is 246 g/mol. The molecule has 0 aliphatic rings. The summed E-state index contributed by atoms with van der Waals surface area (Å²) in [5.41, 5.74) is 6.28. The highest BCUT2D eigenvalue weighted by atomic mass is 19.3. The molecule has 0 amide bonds. The first-order chi connectivity index (χ1) is 8.00. The van der Waals surface area contributed by atoms with Crippen LogP contribution >= 0.6 is 0 Å². The third-order valence-electron chi connectivity index (χ3n) is 2.22. The van der Waals surface area contributed by atoms with Crippen LogP contribution in [0.15, 0.2) is 6.33 Å². The second kappa shape index (κ2) is 5.72. The molecule has 4 N–H and O–H groups in total. The normalized spacial score (nSPS) is 11.5. The highest BCUT2D eigenvalue weighted by Gasteiger charge is 2.27. The fourth-order valence-electron chi connectivity index (χ4n) is 1.34. The van der Waals surface area contributed by atoms with E-state index in [2.05, 4.69) is 15.3 Å². The molecule has 0 saturated heterocycles. The smallest absolute Gasteiger partial charge is 0.287 e. The molecule has 0 aromatic carbocycles. The maximum atomic E-state index is 12.9. The van der Waals surface area contributed by atoms with Gasteiger partial charge in [-0.05, 0) is 6.42 Å². The molecule has 0 spiro atoms. The molecule has 0 atom stereocenters. The summed E-state index contributed by atoms with van der Waals surface area (Å²) in [6, 6.07) is 0. The van der Waals surface area contributed by atoms with E-state index in [-0.39, 0.29) is 5.82 Å². The van der Waals surface area contributed by atoms with Crippen molar-refractivity contribution in [1.82, 2.24) is 9.97 Å². The summed E-state index contributed by atoms with van der Waals surface area (Å²) in [6.45, 7) is 0.0545. The molecule has 0 saturated carbocycles. The van der Waals surface area contributed by atoms with Gasteiger partial charge in [0.1, 0.15) is 24.6 Å². The van der Waals surface area contributed by atoms with Crippen LogP contribution in [-0.2, 0) is 6.42 Å². The molecular formula is C10H16F2N4O. The minimum Gasteiger partial charge on any atom is -0.390 e. The number of halogens is 2. The molecule has 17 heavy (non-hydrogen) atoms. The Bertz CT molecular complexity index is 373. The molecule has 1 aromatic rings. The van der Waals surface area contributed by atoms with Gasteiger partial charge in [0.25, 0.3) is 5.92 Å². The quantitative estimate of drug-likeness (QED) is 0.698. The number of rotatable bonds is 6. The largest absolute Gasteiger partial charge is 0.390 e. The van der Waals surface area contributed by atoms with Crippen molar-refractivity contribution in [3.63, 3.8) is 0 Å². The van der Waals surface area contributed by atoms with E-state index in [9.17, 15) is 8.78 Å². The molecule has 1 rings (SSSR count). The number of nitrogen functional groups attached to an aromatic ring is 1. The third kappa shape index (κ3) is 3.77. The number of aliphatic hydroxyl groups excluding tert-OH is 1. The van der Waals surface area contributed by atoms with Crippen LogP contribution in [0.4, 0.5) is 20.4 Å². The second-order valence-corrected chi connectivity index (χ2v) is 3.70. The second-order valence-electron chi connectivity index (χ2n) is 3.70. The number of hydrogen-bond donors (Lipinski definition) is 3. The van der Waals surface area contributed by atoms with Crippen molar-refractivity contribution >= 4 is 11.6 Å². The maximum Gasteiger partial charge on any atom is 0.287 e. The lowest BCUT2D eigenvalue weighted by Gasteiger charge is -2.16. The van der Waals surface area contributed by atoms with E-state index in [0.29, 0.717) is 17.8 Å². The minimum atomic E-state index is -3.18. The summed E-state index contributed by atoms with van der Waals surface area (Å²) >= 11 is 0. The Morgan fingerprint density at radius 2 is 2.18 bits per heavy atom.